The molecule has 1 aromatic rings. The number of hydrogen-bond acceptors (Lipinski definition) is 7. The van der Waals surface area contributed by atoms with E-state index in [1.54, 1.807) is 6.26 Å². The van der Waals surface area contributed by atoms with Crippen molar-refractivity contribution in [2.75, 3.05) is 29.2 Å². The molecular weight excluding hydrogens is 278 g/mol. The third-order valence-electron chi connectivity index (χ3n) is 2.15. The lowest BCUT2D eigenvalue weighted by atomic mass is 10.4. The van der Waals surface area contributed by atoms with E-state index in [0.717, 1.165) is 0 Å². The average molecular weight is 301 g/mol. The van der Waals surface area contributed by atoms with Gasteiger partial charge in [-0.15, -0.1) is 0 Å². The van der Waals surface area contributed by atoms with Crippen LogP contribution in [0.5, 0.6) is 6.01 Å². The first-order valence-corrected chi connectivity index (χ1v) is 8.36. The summed E-state index contributed by atoms with van der Waals surface area (Å²) in [5, 5.41) is 6.14. The first-order chi connectivity index (χ1) is 9.40. The van der Waals surface area contributed by atoms with Crippen molar-refractivity contribution >= 4 is 22.7 Å². The van der Waals surface area contributed by atoms with Crippen molar-refractivity contribution < 1.29 is 8.95 Å². The summed E-state index contributed by atoms with van der Waals surface area (Å²) in [6.07, 6.45) is 1.66. The second kappa shape index (κ2) is 7.98. The molecule has 0 aromatic carbocycles. The molecule has 0 radical (unpaired) electrons. The van der Waals surface area contributed by atoms with E-state index in [1.165, 1.54) is 0 Å². The minimum Gasteiger partial charge on any atom is -0.461 e. The first-order valence-electron chi connectivity index (χ1n) is 6.63. The summed E-state index contributed by atoms with van der Waals surface area (Å²) in [4.78, 5) is 12.6. The highest BCUT2D eigenvalue weighted by Gasteiger charge is 2.11. The van der Waals surface area contributed by atoms with Gasteiger partial charge in [-0.05, 0) is 27.7 Å². The maximum absolute atomic E-state index is 11.2. The van der Waals surface area contributed by atoms with Gasteiger partial charge in [-0.2, -0.15) is 15.0 Å². The van der Waals surface area contributed by atoms with E-state index in [1.807, 2.05) is 27.7 Å². The van der Waals surface area contributed by atoms with Crippen LogP contribution in [0.25, 0.3) is 0 Å². The van der Waals surface area contributed by atoms with E-state index in [9.17, 15) is 4.21 Å². The molecule has 8 heteroatoms. The fourth-order valence-electron chi connectivity index (χ4n) is 1.54. The standard InChI is InChI=1S/C12H23N5O2S/c1-6-13-10-15-11(14-9(4)7-20(5)18)17-12(16-10)19-8(2)3/h8-9H,6-7H2,1-5H3,(H2,13,14,15,16,17). The molecule has 0 amide bonds. The van der Waals surface area contributed by atoms with Crippen molar-refractivity contribution in [1.29, 1.82) is 0 Å². The number of rotatable bonds is 8. The van der Waals surface area contributed by atoms with Crippen molar-refractivity contribution in [3.8, 4) is 6.01 Å². The molecule has 0 aliphatic heterocycles. The summed E-state index contributed by atoms with van der Waals surface area (Å²) in [6.45, 7) is 8.42. The minimum absolute atomic E-state index is 0.00427. The third-order valence-corrected chi connectivity index (χ3v) is 3.12. The Morgan fingerprint density at radius 1 is 1.20 bits per heavy atom. The van der Waals surface area contributed by atoms with Crippen LogP contribution in [0.2, 0.25) is 0 Å². The Hall–Kier alpha value is -1.44. The first kappa shape index (κ1) is 16.6. The number of ether oxygens (including phenoxy) is 1. The molecule has 114 valence electrons. The normalized spacial score (nSPS) is 13.9. The summed E-state index contributed by atoms with van der Waals surface area (Å²) in [6, 6.07) is 0.280. The van der Waals surface area contributed by atoms with Crippen LogP contribution in [0.4, 0.5) is 11.9 Å². The Kier molecular flexibility index (Phi) is 6.63. The largest absolute Gasteiger partial charge is 0.461 e. The van der Waals surface area contributed by atoms with Gasteiger partial charge in [0.05, 0.1) is 6.10 Å². The topological polar surface area (TPSA) is 89.0 Å². The Bertz CT molecular complexity index is 455. The maximum atomic E-state index is 11.2. The van der Waals surface area contributed by atoms with Gasteiger partial charge in [0.15, 0.2) is 0 Å². The molecule has 0 aliphatic carbocycles. The molecule has 0 bridgehead atoms. The molecule has 1 aromatic heterocycles. The van der Waals surface area contributed by atoms with Crippen LogP contribution < -0.4 is 15.4 Å². The van der Waals surface area contributed by atoms with Crippen LogP contribution in [0.3, 0.4) is 0 Å². The maximum Gasteiger partial charge on any atom is 0.323 e. The molecule has 2 N–H and O–H groups in total. The summed E-state index contributed by atoms with van der Waals surface area (Å²) < 4.78 is 16.7. The summed E-state index contributed by atoms with van der Waals surface area (Å²) >= 11 is 0. The molecule has 0 saturated heterocycles. The zero-order chi connectivity index (χ0) is 15.1. The Morgan fingerprint density at radius 2 is 1.85 bits per heavy atom. The molecule has 7 nitrogen and oxygen atoms in total. The zero-order valence-electron chi connectivity index (χ0n) is 12.6. The van der Waals surface area contributed by atoms with Gasteiger partial charge in [-0.1, -0.05) is 0 Å². The van der Waals surface area contributed by atoms with Crippen molar-refractivity contribution in [1.82, 2.24) is 15.0 Å². The van der Waals surface area contributed by atoms with Gasteiger partial charge in [-0.25, -0.2) is 0 Å². The molecule has 1 rings (SSSR count). The Balaban J connectivity index is 2.87. The van der Waals surface area contributed by atoms with Crippen molar-refractivity contribution in [3.63, 3.8) is 0 Å². The number of nitrogens with one attached hydrogen (secondary N) is 2. The molecule has 1 heterocycles. The van der Waals surface area contributed by atoms with Gasteiger partial charge in [0.1, 0.15) is 0 Å². The van der Waals surface area contributed by atoms with Crippen molar-refractivity contribution in [2.24, 2.45) is 0 Å². The number of anilines is 2. The van der Waals surface area contributed by atoms with Crippen LogP contribution >= 0.6 is 0 Å². The smallest absolute Gasteiger partial charge is 0.323 e. The minimum atomic E-state index is -0.873. The number of aromatic nitrogens is 3. The predicted octanol–water partition coefficient (Wildman–Crippen LogP) is 1.27. The lowest BCUT2D eigenvalue weighted by Crippen LogP contribution is -2.24. The van der Waals surface area contributed by atoms with Gasteiger partial charge in [0.2, 0.25) is 11.9 Å². The highest BCUT2D eigenvalue weighted by atomic mass is 32.2. The van der Waals surface area contributed by atoms with Gasteiger partial charge in [0, 0.05) is 35.4 Å². The molecule has 0 spiro atoms. The van der Waals surface area contributed by atoms with Crippen LogP contribution in [-0.4, -0.2) is 49.9 Å². The van der Waals surface area contributed by atoms with Gasteiger partial charge >= 0.3 is 6.01 Å². The zero-order valence-corrected chi connectivity index (χ0v) is 13.5. The van der Waals surface area contributed by atoms with E-state index in [0.29, 0.717) is 24.2 Å². The monoisotopic (exact) mass is 301 g/mol. The average Bonchev–Trinajstić information content (AvgIpc) is 2.26. The SMILES string of the molecule is CCNc1nc(NC(C)CS(C)=O)nc(OC(C)C)n1. The molecule has 20 heavy (non-hydrogen) atoms. The summed E-state index contributed by atoms with van der Waals surface area (Å²) in [5.74, 6) is 1.41. The van der Waals surface area contributed by atoms with E-state index in [4.69, 9.17) is 4.74 Å². The summed E-state index contributed by atoms with van der Waals surface area (Å²) in [5.41, 5.74) is 0. The second-order valence-corrected chi connectivity index (χ2v) is 6.23. The molecular formula is C12H23N5O2S. The van der Waals surface area contributed by atoms with Crippen molar-refractivity contribution in [3.05, 3.63) is 0 Å². The number of hydrogen-bond donors (Lipinski definition) is 2. The molecule has 2 atom stereocenters. The Labute approximate surface area is 122 Å². The van der Waals surface area contributed by atoms with Crippen LogP contribution in [0.1, 0.15) is 27.7 Å². The lowest BCUT2D eigenvalue weighted by Gasteiger charge is -2.15. The van der Waals surface area contributed by atoms with Gasteiger partial charge in [0.25, 0.3) is 0 Å². The predicted molar refractivity (Wildman–Crippen MR) is 81.8 cm³/mol. The fraction of sp³-hybridized carbons (Fsp3) is 0.750. The lowest BCUT2D eigenvalue weighted by molar-refractivity contribution is 0.222. The van der Waals surface area contributed by atoms with E-state index in [2.05, 4.69) is 25.6 Å². The van der Waals surface area contributed by atoms with E-state index in [-0.39, 0.29) is 18.2 Å². The molecule has 2 unspecified atom stereocenters. The van der Waals surface area contributed by atoms with Crippen LogP contribution in [0.15, 0.2) is 0 Å². The second-order valence-electron chi connectivity index (χ2n) is 4.75. The third kappa shape index (κ3) is 6.14. The van der Waals surface area contributed by atoms with Gasteiger partial charge < -0.3 is 15.4 Å². The van der Waals surface area contributed by atoms with Crippen molar-refractivity contribution in [2.45, 2.75) is 39.8 Å². The quantitative estimate of drug-likeness (QED) is 0.747. The fourth-order valence-corrected chi connectivity index (χ4v) is 2.32. The van der Waals surface area contributed by atoms with E-state index >= 15 is 0 Å². The highest BCUT2D eigenvalue weighted by molar-refractivity contribution is 7.84. The molecule has 0 aliphatic rings. The van der Waals surface area contributed by atoms with E-state index < -0.39 is 10.8 Å². The molecule has 0 fully saturated rings. The van der Waals surface area contributed by atoms with Crippen LogP contribution in [-0.2, 0) is 10.8 Å². The Morgan fingerprint density at radius 3 is 2.40 bits per heavy atom. The number of nitrogens with zero attached hydrogens (tertiary/aromatic N) is 3. The molecule has 0 saturated carbocycles. The van der Waals surface area contributed by atoms with Gasteiger partial charge in [-0.3, -0.25) is 4.21 Å². The summed E-state index contributed by atoms with van der Waals surface area (Å²) in [7, 11) is -0.873. The van der Waals surface area contributed by atoms with Crippen LogP contribution in [0, 0.1) is 0 Å². The highest BCUT2D eigenvalue weighted by Crippen LogP contribution is 2.13.